The highest BCUT2D eigenvalue weighted by atomic mass is 16.5. The van der Waals surface area contributed by atoms with Crippen molar-refractivity contribution in [3.8, 4) is 11.1 Å². The van der Waals surface area contributed by atoms with Crippen LogP contribution in [0.5, 0.6) is 0 Å². The molecule has 0 saturated heterocycles. The van der Waals surface area contributed by atoms with Crippen molar-refractivity contribution in [2.24, 2.45) is 0 Å². The predicted octanol–water partition coefficient (Wildman–Crippen LogP) is 4.05. The molecule has 2 aliphatic rings. The minimum atomic E-state index is -0.195. The van der Waals surface area contributed by atoms with Crippen LogP contribution in [0, 0.1) is 0 Å². The second-order valence-corrected chi connectivity index (χ2v) is 6.10. The Balaban J connectivity index is 2.03. The average molecular weight is 308 g/mol. The van der Waals surface area contributed by atoms with Crippen LogP contribution in [-0.2, 0) is 35.5 Å². The van der Waals surface area contributed by atoms with Gasteiger partial charge < -0.3 is 9.47 Å². The molecule has 118 valence electrons. The summed E-state index contributed by atoms with van der Waals surface area (Å²) in [4.78, 5) is 12.7. The van der Waals surface area contributed by atoms with Gasteiger partial charge in [-0.1, -0.05) is 30.3 Å². The van der Waals surface area contributed by atoms with Gasteiger partial charge in [0, 0.05) is 5.56 Å². The summed E-state index contributed by atoms with van der Waals surface area (Å²) in [6, 6.07) is 10.2. The highest BCUT2D eigenvalue weighted by Gasteiger charge is 2.32. The van der Waals surface area contributed by atoms with E-state index in [0.29, 0.717) is 19.8 Å². The molecule has 0 N–H and O–H groups in total. The van der Waals surface area contributed by atoms with Crippen molar-refractivity contribution in [1.29, 1.82) is 0 Å². The summed E-state index contributed by atoms with van der Waals surface area (Å²) < 4.78 is 11.1. The summed E-state index contributed by atoms with van der Waals surface area (Å²) in [7, 11) is 0. The summed E-state index contributed by atoms with van der Waals surface area (Å²) in [6.45, 7) is 3.51. The third-order valence-electron chi connectivity index (χ3n) is 4.83. The topological polar surface area (TPSA) is 35.5 Å². The molecule has 0 radical (unpaired) electrons. The van der Waals surface area contributed by atoms with Crippen molar-refractivity contribution >= 4 is 5.97 Å². The zero-order valence-electron chi connectivity index (χ0n) is 13.4. The van der Waals surface area contributed by atoms with Crippen LogP contribution in [0.25, 0.3) is 11.1 Å². The molecule has 0 aromatic heterocycles. The van der Waals surface area contributed by atoms with Gasteiger partial charge in [0.25, 0.3) is 0 Å². The first kappa shape index (κ1) is 14.5. The molecule has 0 spiro atoms. The molecule has 0 saturated carbocycles. The zero-order valence-corrected chi connectivity index (χ0v) is 13.4. The maximum atomic E-state index is 12.7. The van der Waals surface area contributed by atoms with Crippen molar-refractivity contribution in [2.75, 3.05) is 6.61 Å². The van der Waals surface area contributed by atoms with Crippen LogP contribution in [0.2, 0.25) is 0 Å². The average Bonchev–Trinajstić information content (AvgIpc) is 3.23. The van der Waals surface area contributed by atoms with Crippen LogP contribution in [0.1, 0.15) is 46.0 Å². The second-order valence-electron chi connectivity index (χ2n) is 6.10. The monoisotopic (exact) mass is 308 g/mol. The van der Waals surface area contributed by atoms with Crippen molar-refractivity contribution in [3.05, 3.63) is 58.1 Å². The number of hydrogen-bond acceptors (Lipinski definition) is 3. The van der Waals surface area contributed by atoms with Crippen LogP contribution in [-0.4, -0.2) is 12.6 Å². The number of ether oxygens (including phenoxy) is 2. The lowest BCUT2D eigenvalue weighted by atomic mass is 9.85. The standard InChI is InChI=1S/C20H20O3/c1-2-23-20(21)19-15-10-6-9-14(15)16-11-22-12-17(16)18(19)13-7-4-3-5-8-13/h3-5,7-8H,2,6,9-12H2,1H3. The lowest BCUT2D eigenvalue weighted by molar-refractivity contribution is 0.0526. The van der Waals surface area contributed by atoms with E-state index < -0.39 is 0 Å². The van der Waals surface area contributed by atoms with Crippen molar-refractivity contribution in [2.45, 2.75) is 39.4 Å². The minimum Gasteiger partial charge on any atom is -0.462 e. The van der Waals surface area contributed by atoms with Gasteiger partial charge in [-0.3, -0.25) is 0 Å². The van der Waals surface area contributed by atoms with Gasteiger partial charge in [0.15, 0.2) is 0 Å². The molecule has 0 atom stereocenters. The number of carbonyl (C=O) groups excluding carboxylic acids is 1. The van der Waals surface area contributed by atoms with E-state index in [1.54, 1.807) is 0 Å². The summed E-state index contributed by atoms with van der Waals surface area (Å²) in [5, 5.41) is 0. The fraction of sp³-hybridized carbons (Fsp3) is 0.350. The number of fused-ring (bicyclic) bond motifs is 3. The smallest absolute Gasteiger partial charge is 0.339 e. The Labute approximate surface area is 136 Å². The molecular weight excluding hydrogens is 288 g/mol. The Morgan fingerprint density at radius 1 is 1.04 bits per heavy atom. The van der Waals surface area contributed by atoms with Gasteiger partial charge in [0.05, 0.1) is 25.4 Å². The molecule has 1 heterocycles. The summed E-state index contributed by atoms with van der Waals surface area (Å²) >= 11 is 0. The highest BCUT2D eigenvalue weighted by molar-refractivity contribution is 6.01. The minimum absolute atomic E-state index is 0.195. The van der Waals surface area contributed by atoms with Gasteiger partial charge in [-0.05, 0) is 54.0 Å². The quantitative estimate of drug-likeness (QED) is 0.803. The molecule has 1 aliphatic heterocycles. The Hall–Kier alpha value is -2.13. The van der Waals surface area contributed by atoms with E-state index in [2.05, 4.69) is 12.1 Å². The zero-order chi connectivity index (χ0) is 15.8. The summed E-state index contributed by atoms with van der Waals surface area (Å²) in [5.74, 6) is -0.195. The molecule has 3 heteroatoms. The number of carbonyl (C=O) groups is 1. The van der Waals surface area contributed by atoms with Crippen molar-refractivity contribution < 1.29 is 14.3 Å². The van der Waals surface area contributed by atoms with E-state index in [1.807, 2.05) is 25.1 Å². The lowest BCUT2D eigenvalue weighted by Gasteiger charge is -2.19. The maximum Gasteiger partial charge on any atom is 0.339 e. The number of benzene rings is 2. The number of hydrogen-bond donors (Lipinski definition) is 0. The van der Waals surface area contributed by atoms with Gasteiger partial charge in [-0.15, -0.1) is 0 Å². The molecule has 0 fully saturated rings. The van der Waals surface area contributed by atoms with Crippen LogP contribution in [0.15, 0.2) is 30.3 Å². The van der Waals surface area contributed by atoms with Crippen LogP contribution < -0.4 is 0 Å². The third-order valence-corrected chi connectivity index (χ3v) is 4.83. The van der Waals surface area contributed by atoms with Gasteiger partial charge in [-0.2, -0.15) is 0 Å². The normalized spacial score (nSPS) is 15.3. The Morgan fingerprint density at radius 2 is 1.78 bits per heavy atom. The first-order valence-electron chi connectivity index (χ1n) is 8.31. The molecule has 2 aromatic rings. The highest BCUT2D eigenvalue weighted by Crippen LogP contribution is 2.42. The third kappa shape index (κ3) is 2.27. The Bertz CT molecular complexity index is 762. The fourth-order valence-corrected chi connectivity index (χ4v) is 3.93. The molecule has 0 amide bonds. The first-order chi connectivity index (χ1) is 11.3. The molecule has 4 rings (SSSR count). The molecule has 2 aromatic carbocycles. The van der Waals surface area contributed by atoms with E-state index in [-0.39, 0.29) is 5.97 Å². The molecule has 23 heavy (non-hydrogen) atoms. The van der Waals surface area contributed by atoms with Crippen molar-refractivity contribution in [1.82, 2.24) is 0 Å². The molecule has 1 aliphatic carbocycles. The SMILES string of the molecule is CCOC(=O)c1c2c(c3c(c1-c1ccccc1)COC3)CCC2. The van der Waals surface area contributed by atoms with Crippen LogP contribution in [0.3, 0.4) is 0 Å². The fourth-order valence-electron chi connectivity index (χ4n) is 3.93. The Kier molecular flexibility index (Phi) is 3.66. The Morgan fingerprint density at radius 3 is 2.57 bits per heavy atom. The van der Waals surface area contributed by atoms with Crippen LogP contribution >= 0.6 is 0 Å². The number of esters is 1. The maximum absolute atomic E-state index is 12.7. The predicted molar refractivity (Wildman–Crippen MR) is 88.4 cm³/mol. The van der Waals surface area contributed by atoms with Crippen LogP contribution in [0.4, 0.5) is 0 Å². The number of rotatable bonds is 3. The largest absolute Gasteiger partial charge is 0.462 e. The van der Waals surface area contributed by atoms with E-state index in [1.165, 1.54) is 22.3 Å². The molecule has 3 nitrogen and oxygen atoms in total. The van der Waals surface area contributed by atoms with E-state index in [9.17, 15) is 4.79 Å². The van der Waals surface area contributed by atoms with E-state index >= 15 is 0 Å². The molecular formula is C20H20O3. The van der Waals surface area contributed by atoms with E-state index in [4.69, 9.17) is 9.47 Å². The lowest BCUT2D eigenvalue weighted by Crippen LogP contribution is -2.13. The van der Waals surface area contributed by atoms with Gasteiger partial charge in [0.2, 0.25) is 0 Å². The van der Waals surface area contributed by atoms with Gasteiger partial charge >= 0.3 is 5.97 Å². The van der Waals surface area contributed by atoms with E-state index in [0.717, 1.165) is 36.0 Å². The second kappa shape index (κ2) is 5.82. The molecule has 0 unspecified atom stereocenters. The summed E-state index contributed by atoms with van der Waals surface area (Å²) in [6.07, 6.45) is 3.10. The molecule has 0 bridgehead atoms. The van der Waals surface area contributed by atoms with Gasteiger partial charge in [-0.25, -0.2) is 4.79 Å². The summed E-state index contributed by atoms with van der Waals surface area (Å²) in [5.41, 5.74) is 7.88. The van der Waals surface area contributed by atoms with Crippen molar-refractivity contribution in [3.63, 3.8) is 0 Å². The van der Waals surface area contributed by atoms with Gasteiger partial charge in [0.1, 0.15) is 0 Å². The first-order valence-corrected chi connectivity index (χ1v) is 8.31.